The molecular weight excluding hydrogens is 254 g/mol. The number of nitriles is 1. The lowest BCUT2D eigenvalue weighted by atomic mass is 9.86. The van der Waals surface area contributed by atoms with Crippen LogP contribution in [0, 0.1) is 11.3 Å². The molecule has 1 aromatic carbocycles. The van der Waals surface area contributed by atoms with Crippen molar-refractivity contribution >= 4 is 17.0 Å². The van der Waals surface area contributed by atoms with Gasteiger partial charge in [-0.15, -0.1) is 11.3 Å². The van der Waals surface area contributed by atoms with Crippen molar-refractivity contribution in [2.24, 2.45) is 0 Å². The van der Waals surface area contributed by atoms with E-state index in [2.05, 4.69) is 23.3 Å². The molecule has 0 saturated heterocycles. The summed E-state index contributed by atoms with van der Waals surface area (Å²) in [6.07, 6.45) is 0. The summed E-state index contributed by atoms with van der Waals surface area (Å²) in [5.41, 5.74) is 4.51. The summed E-state index contributed by atoms with van der Waals surface area (Å²) in [6.45, 7) is 5.93. The average molecular weight is 271 g/mol. The Balaban J connectivity index is 2.10. The molecule has 1 atom stereocenters. The highest BCUT2D eigenvalue weighted by Gasteiger charge is 2.19. The molecule has 0 amide bonds. The first-order valence-electron chi connectivity index (χ1n) is 6.19. The number of nitrogens with zero attached hydrogens (tertiary/aromatic N) is 2. The fourth-order valence-corrected chi connectivity index (χ4v) is 2.46. The molecule has 2 aromatic rings. The number of hydrogen-bond acceptors (Lipinski definition) is 4. The van der Waals surface area contributed by atoms with Crippen molar-refractivity contribution in [1.29, 1.82) is 5.26 Å². The van der Waals surface area contributed by atoms with Crippen molar-refractivity contribution in [3.05, 3.63) is 46.4 Å². The predicted molar refractivity (Wildman–Crippen MR) is 79.2 cm³/mol. The van der Waals surface area contributed by atoms with Gasteiger partial charge in [-0.2, -0.15) is 5.26 Å². The van der Waals surface area contributed by atoms with E-state index in [9.17, 15) is 0 Å². The van der Waals surface area contributed by atoms with Gasteiger partial charge in [0.15, 0.2) is 0 Å². The highest BCUT2D eigenvalue weighted by Crippen LogP contribution is 2.25. The lowest BCUT2D eigenvalue weighted by Crippen LogP contribution is -2.14. The largest absolute Gasteiger partial charge is 0.377 e. The van der Waals surface area contributed by atoms with Crippen molar-refractivity contribution < 1.29 is 0 Å². The Labute approximate surface area is 117 Å². The Hall–Kier alpha value is -1.86. The minimum atomic E-state index is -0.445. The molecule has 98 valence electrons. The van der Waals surface area contributed by atoms with Crippen LogP contribution in [0.2, 0.25) is 0 Å². The van der Waals surface area contributed by atoms with Gasteiger partial charge < -0.3 is 5.32 Å². The SMILES string of the molecule is CC(Nc1ccc(C(C)(C)C#N)cc1)c1cscn1. The summed E-state index contributed by atoms with van der Waals surface area (Å²) in [6, 6.07) is 10.5. The van der Waals surface area contributed by atoms with Crippen LogP contribution in [0.25, 0.3) is 0 Å². The third-order valence-corrected chi connectivity index (χ3v) is 3.77. The van der Waals surface area contributed by atoms with Crippen molar-refractivity contribution in [3.63, 3.8) is 0 Å². The van der Waals surface area contributed by atoms with Gasteiger partial charge in [0.25, 0.3) is 0 Å². The number of anilines is 1. The quantitative estimate of drug-likeness (QED) is 0.910. The van der Waals surface area contributed by atoms with Crippen LogP contribution in [0.4, 0.5) is 5.69 Å². The molecule has 1 N–H and O–H groups in total. The van der Waals surface area contributed by atoms with E-state index in [1.807, 2.05) is 49.0 Å². The number of rotatable bonds is 4. The minimum Gasteiger partial charge on any atom is -0.377 e. The van der Waals surface area contributed by atoms with E-state index >= 15 is 0 Å². The normalized spacial score (nSPS) is 12.7. The van der Waals surface area contributed by atoms with Crippen LogP contribution < -0.4 is 5.32 Å². The first-order valence-corrected chi connectivity index (χ1v) is 7.13. The van der Waals surface area contributed by atoms with E-state index < -0.39 is 5.41 Å². The lowest BCUT2D eigenvalue weighted by molar-refractivity contribution is 0.687. The van der Waals surface area contributed by atoms with Crippen LogP contribution >= 0.6 is 11.3 Å². The van der Waals surface area contributed by atoms with Gasteiger partial charge in [0.2, 0.25) is 0 Å². The molecule has 1 aromatic heterocycles. The van der Waals surface area contributed by atoms with Crippen molar-refractivity contribution in [2.45, 2.75) is 32.2 Å². The number of hydrogen-bond donors (Lipinski definition) is 1. The predicted octanol–water partition coefficient (Wildman–Crippen LogP) is 4.12. The van der Waals surface area contributed by atoms with Crippen molar-refractivity contribution in [3.8, 4) is 6.07 Å². The van der Waals surface area contributed by atoms with E-state index in [-0.39, 0.29) is 6.04 Å². The topological polar surface area (TPSA) is 48.7 Å². The van der Waals surface area contributed by atoms with Crippen LogP contribution in [0.5, 0.6) is 0 Å². The monoisotopic (exact) mass is 271 g/mol. The van der Waals surface area contributed by atoms with Gasteiger partial charge in [-0.25, -0.2) is 4.98 Å². The lowest BCUT2D eigenvalue weighted by Gasteiger charge is -2.17. The van der Waals surface area contributed by atoms with E-state index in [0.29, 0.717) is 0 Å². The molecule has 1 unspecified atom stereocenters. The third-order valence-electron chi connectivity index (χ3n) is 3.16. The number of nitrogens with one attached hydrogen (secondary N) is 1. The summed E-state index contributed by atoms with van der Waals surface area (Å²) < 4.78 is 0. The van der Waals surface area contributed by atoms with Gasteiger partial charge >= 0.3 is 0 Å². The smallest absolute Gasteiger partial charge is 0.0795 e. The minimum absolute atomic E-state index is 0.182. The molecule has 0 aliphatic rings. The average Bonchev–Trinajstić information content (AvgIpc) is 2.93. The highest BCUT2D eigenvalue weighted by molar-refractivity contribution is 7.07. The molecule has 3 nitrogen and oxygen atoms in total. The molecule has 0 bridgehead atoms. The molecule has 0 spiro atoms. The van der Waals surface area contributed by atoms with Crippen LogP contribution in [0.15, 0.2) is 35.2 Å². The summed E-state index contributed by atoms with van der Waals surface area (Å²) in [5, 5.41) is 14.6. The maximum absolute atomic E-state index is 9.11. The number of benzene rings is 1. The van der Waals surface area contributed by atoms with E-state index in [0.717, 1.165) is 16.9 Å². The molecule has 0 aliphatic carbocycles. The molecular formula is C15H17N3S. The molecule has 4 heteroatoms. The van der Waals surface area contributed by atoms with E-state index in [1.54, 1.807) is 11.3 Å². The zero-order valence-electron chi connectivity index (χ0n) is 11.3. The highest BCUT2D eigenvalue weighted by atomic mass is 32.1. The van der Waals surface area contributed by atoms with E-state index in [4.69, 9.17) is 5.26 Å². The second kappa shape index (κ2) is 5.41. The zero-order valence-corrected chi connectivity index (χ0v) is 12.2. The summed E-state index contributed by atoms with van der Waals surface area (Å²) in [5.74, 6) is 0. The fraction of sp³-hybridized carbons (Fsp3) is 0.333. The van der Waals surface area contributed by atoms with Crippen LogP contribution in [-0.2, 0) is 5.41 Å². The maximum atomic E-state index is 9.11. The van der Waals surface area contributed by atoms with Crippen LogP contribution in [0.3, 0.4) is 0 Å². The van der Waals surface area contributed by atoms with Crippen molar-refractivity contribution in [1.82, 2.24) is 4.98 Å². The molecule has 0 radical (unpaired) electrons. The van der Waals surface area contributed by atoms with Gasteiger partial charge in [0, 0.05) is 11.1 Å². The van der Waals surface area contributed by atoms with Gasteiger partial charge in [-0.3, -0.25) is 0 Å². The molecule has 1 heterocycles. The third kappa shape index (κ3) is 3.12. The van der Waals surface area contributed by atoms with Gasteiger partial charge in [-0.05, 0) is 38.5 Å². The Morgan fingerprint density at radius 2 is 2.00 bits per heavy atom. The standard InChI is InChI=1S/C15H17N3S/c1-11(14-8-19-10-17-14)18-13-6-4-12(5-7-13)15(2,3)9-16/h4-8,10-11,18H,1-3H3. The second-order valence-corrected chi connectivity index (χ2v) is 5.81. The Morgan fingerprint density at radius 3 is 2.53 bits per heavy atom. The van der Waals surface area contributed by atoms with Crippen LogP contribution in [-0.4, -0.2) is 4.98 Å². The van der Waals surface area contributed by atoms with Gasteiger partial charge in [0.1, 0.15) is 0 Å². The van der Waals surface area contributed by atoms with E-state index in [1.165, 1.54) is 0 Å². The molecule has 0 fully saturated rings. The van der Waals surface area contributed by atoms with Crippen molar-refractivity contribution in [2.75, 3.05) is 5.32 Å². The first-order chi connectivity index (χ1) is 9.03. The number of aromatic nitrogens is 1. The maximum Gasteiger partial charge on any atom is 0.0795 e. The molecule has 19 heavy (non-hydrogen) atoms. The molecule has 0 aliphatic heterocycles. The number of thiazole rings is 1. The Morgan fingerprint density at radius 1 is 1.32 bits per heavy atom. The molecule has 2 rings (SSSR count). The first kappa shape index (κ1) is 13.6. The second-order valence-electron chi connectivity index (χ2n) is 5.09. The summed E-state index contributed by atoms with van der Waals surface area (Å²) in [4.78, 5) is 4.30. The summed E-state index contributed by atoms with van der Waals surface area (Å²) >= 11 is 1.60. The molecule has 0 saturated carbocycles. The van der Waals surface area contributed by atoms with Gasteiger partial charge in [-0.1, -0.05) is 12.1 Å². The Kier molecular flexibility index (Phi) is 3.87. The summed E-state index contributed by atoms with van der Waals surface area (Å²) in [7, 11) is 0. The zero-order chi connectivity index (χ0) is 13.9. The van der Waals surface area contributed by atoms with Crippen LogP contribution in [0.1, 0.15) is 38.1 Å². The van der Waals surface area contributed by atoms with Gasteiger partial charge in [0.05, 0.1) is 28.7 Å². The Bertz CT molecular complexity index is 564. The fourth-order valence-electron chi connectivity index (χ4n) is 1.81.